The number of hydrogen-bond donors (Lipinski definition) is 0. The average Bonchev–Trinajstić information content (AvgIpc) is 2.95. The number of alkyl halides is 3. The lowest BCUT2D eigenvalue weighted by atomic mass is 9.80. The minimum Gasteiger partial charge on any atom is -0.497 e. The smallest absolute Gasteiger partial charge is 0.416 e. The number of ether oxygens (including phenoxy) is 1. The average molecular weight is 361 g/mol. The molecule has 1 heterocycles. The lowest BCUT2D eigenvalue weighted by molar-refractivity contribution is -0.137. The SMILES string of the molecule is COc1ccc2c(c1)C(c1ccc(C(F)(F)F)cc1)C1CCCN(C)C21. The maximum absolute atomic E-state index is 12.9. The van der Waals surface area contributed by atoms with Crippen molar-refractivity contribution in [3.05, 3.63) is 64.7 Å². The van der Waals surface area contributed by atoms with E-state index in [2.05, 4.69) is 24.1 Å². The monoisotopic (exact) mass is 361 g/mol. The van der Waals surface area contributed by atoms with Crippen LogP contribution in [0, 0.1) is 5.92 Å². The summed E-state index contributed by atoms with van der Waals surface area (Å²) in [4.78, 5) is 2.38. The fourth-order valence-electron chi connectivity index (χ4n) is 4.77. The van der Waals surface area contributed by atoms with Crippen molar-refractivity contribution >= 4 is 0 Å². The van der Waals surface area contributed by atoms with Crippen LogP contribution in [0.25, 0.3) is 0 Å². The topological polar surface area (TPSA) is 12.5 Å². The van der Waals surface area contributed by atoms with Gasteiger partial charge in [-0.3, -0.25) is 4.90 Å². The fourth-order valence-corrected chi connectivity index (χ4v) is 4.77. The van der Waals surface area contributed by atoms with E-state index in [1.54, 1.807) is 19.2 Å². The van der Waals surface area contributed by atoms with Crippen LogP contribution in [0.1, 0.15) is 47.1 Å². The van der Waals surface area contributed by atoms with Gasteiger partial charge in [0.05, 0.1) is 12.7 Å². The molecule has 0 spiro atoms. The van der Waals surface area contributed by atoms with Crippen LogP contribution in [-0.2, 0) is 6.18 Å². The van der Waals surface area contributed by atoms with Gasteiger partial charge in [-0.05, 0) is 73.3 Å². The molecule has 3 unspecified atom stereocenters. The second kappa shape index (κ2) is 6.31. The molecule has 0 amide bonds. The van der Waals surface area contributed by atoms with Gasteiger partial charge >= 0.3 is 6.18 Å². The van der Waals surface area contributed by atoms with Gasteiger partial charge in [0.1, 0.15) is 5.75 Å². The van der Waals surface area contributed by atoms with Gasteiger partial charge in [0.2, 0.25) is 0 Å². The third kappa shape index (κ3) is 2.78. The van der Waals surface area contributed by atoms with Crippen molar-refractivity contribution in [2.45, 2.75) is 31.0 Å². The quantitative estimate of drug-likeness (QED) is 0.725. The van der Waals surface area contributed by atoms with Gasteiger partial charge in [-0.15, -0.1) is 0 Å². The van der Waals surface area contributed by atoms with Crippen molar-refractivity contribution < 1.29 is 17.9 Å². The van der Waals surface area contributed by atoms with Crippen molar-refractivity contribution in [3.8, 4) is 5.75 Å². The van der Waals surface area contributed by atoms with E-state index in [1.165, 1.54) is 23.3 Å². The van der Waals surface area contributed by atoms with Gasteiger partial charge in [-0.1, -0.05) is 18.2 Å². The number of fused-ring (bicyclic) bond motifs is 3. The molecule has 0 radical (unpaired) electrons. The van der Waals surface area contributed by atoms with E-state index in [9.17, 15) is 13.2 Å². The molecule has 1 aliphatic carbocycles. The molecule has 2 aromatic carbocycles. The minimum atomic E-state index is -4.30. The van der Waals surface area contributed by atoms with Crippen LogP contribution in [0.15, 0.2) is 42.5 Å². The van der Waals surface area contributed by atoms with E-state index in [1.807, 2.05) is 6.07 Å². The molecule has 2 aromatic rings. The molecule has 5 heteroatoms. The van der Waals surface area contributed by atoms with Crippen molar-refractivity contribution in [2.75, 3.05) is 20.7 Å². The summed E-state index contributed by atoms with van der Waals surface area (Å²) >= 11 is 0. The zero-order chi connectivity index (χ0) is 18.5. The van der Waals surface area contributed by atoms with Gasteiger partial charge in [-0.25, -0.2) is 0 Å². The standard InChI is InChI=1S/C21H22F3NO/c1-25-11-3-4-17-19(13-5-7-14(8-6-13)21(22,23)24)18-12-15(26-2)9-10-16(18)20(17)25/h5-10,12,17,19-20H,3-4,11H2,1-2H3. The summed E-state index contributed by atoms with van der Waals surface area (Å²) in [5.41, 5.74) is 2.83. The van der Waals surface area contributed by atoms with E-state index < -0.39 is 11.7 Å². The summed E-state index contributed by atoms with van der Waals surface area (Å²) in [6, 6.07) is 12.2. The Kier molecular flexibility index (Phi) is 4.22. The number of nitrogens with zero attached hydrogens (tertiary/aromatic N) is 1. The molecule has 4 rings (SSSR count). The second-order valence-corrected chi connectivity index (χ2v) is 7.32. The molecule has 26 heavy (non-hydrogen) atoms. The summed E-state index contributed by atoms with van der Waals surface area (Å²) in [5, 5.41) is 0. The first kappa shape index (κ1) is 17.4. The maximum atomic E-state index is 12.9. The Morgan fingerprint density at radius 3 is 2.42 bits per heavy atom. The van der Waals surface area contributed by atoms with Crippen LogP contribution in [0.5, 0.6) is 5.75 Å². The summed E-state index contributed by atoms with van der Waals surface area (Å²) in [5.74, 6) is 1.28. The number of methoxy groups -OCH3 is 1. The zero-order valence-electron chi connectivity index (χ0n) is 14.9. The molecule has 1 aliphatic heterocycles. The van der Waals surface area contributed by atoms with E-state index in [0.29, 0.717) is 12.0 Å². The highest BCUT2D eigenvalue weighted by molar-refractivity contribution is 5.50. The Labute approximate surface area is 151 Å². The second-order valence-electron chi connectivity index (χ2n) is 7.32. The number of hydrogen-bond acceptors (Lipinski definition) is 2. The Bertz CT molecular complexity index is 800. The lowest BCUT2D eigenvalue weighted by Gasteiger charge is -2.37. The summed E-state index contributed by atoms with van der Waals surface area (Å²) < 4.78 is 44.2. The normalized spacial score (nSPS) is 25.7. The Morgan fingerprint density at radius 1 is 1.04 bits per heavy atom. The third-order valence-electron chi connectivity index (χ3n) is 5.90. The third-order valence-corrected chi connectivity index (χ3v) is 5.90. The largest absolute Gasteiger partial charge is 0.497 e. The van der Waals surface area contributed by atoms with Crippen LogP contribution in [0.3, 0.4) is 0 Å². The summed E-state index contributed by atoms with van der Waals surface area (Å²) in [6.07, 6.45) is -2.11. The zero-order valence-corrected chi connectivity index (χ0v) is 14.9. The number of likely N-dealkylation sites (tertiary alicyclic amines) is 1. The van der Waals surface area contributed by atoms with Crippen molar-refractivity contribution in [1.82, 2.24) is 4.90 Å². The predicted molar refractivity (Wildman–Crippen MR) is 94.4 cm³/mol. The van der Waals surface area contributed by atoms with Crippen molar-refractivity contribution in [1.29, 1.82) is 0 Å². The molecule has 1 fully saturated rings. The highest BCUT2D eigenvalue weighted by Crippen LogP contribution is 2.55. The molecule has 2 aliphatic rings. The number of halogens is 3. The fraction of sp³-hybridized carbons (Fsp3) is 0.429. The summed E-state index contributed by atoms with van der Waals surface area (Å²) in [6.45, 7) is 1.05. The first-order chi connectivity index (χ1) is 12.4. The molecule has 0 N–H and O–H groups in total. The van der Waals surface area contributed by atoms with Gasteiger partial charge in [0.15, 0.2) is 0 Å². The van der Waals surface area contributed by atoms with E-state index >= 15 is 0 Å². The van der Waals surface area contributed by atoms with Crippen molar-refractivity contribution in [3.63, 3.8) is 0 Å². The molecule has 0 saturated carbocycles. The Hall–Kier alpha value is -2.01. The van der Waals surface area contributed by atoms with Crippen LogP contribution in [0.4, 0.5) is 13.2 Å². The minimum absolute atomic E-state index is 0.107. The van der Waals surface area contributed by atoms with E-state index in [-0.39, 0.29) is 5.92 Å². The summed E-state index contributed by atoms with van der Waals surface area (Å²) in [7, 11) is 3.78. The predicted octanol–water partition coefficient (Wildman–Crippen LogP) is 5.24. The molecule has 0 aromatic heterocycles. The molecular formula is C21H22F3NO. The number of benzene rings is 2. The van der Waals surface area contributed by atoms with Crippen molar-refractivity contribution in [2.24, 2.45) is 5.92 Å². The lowest BCUT2D eigenvalue weighted by Crippen LogP contribution is -2.34. The van der Waals surface area contributed by atoms with E-state index in [0.717, 1.165) is 30.7 Å². The molecule has 138 valence electrons. The highest BCUT2D eigenvalue weighted by atomic mass is 19.4. The molecule has 0 bridgehead atoms. The first-order valence-corrected chi connectivity index (χ1v) is 8.95. The first-order valence-electron chi connectivity index (χ1n) is 8.95. The van der Waals surface area contributed by atoms with Gasteiger partial charge in [0.25, 0.3) is 0 Å². The number of piperidine rings is 1. The molecule has 2 nitrogen and oxygen atoms in total. The molecule has 3 atom stereocenters. The molecule has 1 saturated heterocycles. The Balaban J connectivity index is 1.80. The van der Waals surface area contributed by atoms with Gasteiger partial charge < -0.3 is 4.74 Å². The van der Waals surface area contributed by atoms with Gasteiger partial charge in [-0.2, -0.15) is 13.2 Å². The van der Waals surface area contributed by atoms with E-state index in [4.69, 9.17) is 4.74 Å². The Morgan fingerprint density at radius 2 is 1.77 bits per heavy atom. The maximum Gasteiger partial charge on any atom is 0.416 e. The molecular weight excluding hydrogens is 339 g/mol. The van der Waals surface area contributed by atoms with Crippen LogP contribution in [-0.4, -0.2) is 25.6 Å². The number of rotatable bonds is 2. The highest BCUT2D eigenvalue weighted by Gasteiger charge is 2.45. The van der Waals surface area contributed by atoms with Crippen LogP contribution in [0.2, 0.25) is 0 Å². The van der Waals surface area contributed by atoms with Crippen LogP contribution < -0.4 is 4.74 Å². The van der Waals surface area contributed by atoms with Gasteiger partial charge in [0, 0.05) is 12.0 Å². The van der Waals surface area contributed by atoms with Crippen LogP contribution >= 0.6 is 0 Å².